The van der Waals surface area contributed by atoms with Crippen molar-refractivity contribution in [1.82, 2.24) is 10.2 Å². The first-order valence-electron chi connectivity index (χ1n) is 4.29. The van der Waals surface area contributed by atoms with Crippen LogP contribution in [0.25, 0.3) is 0 Å². The third-order valence-corrected chi connectivity index (χ3v) is 2.17. The van der Waals surface area contributed by atoms with E-state index in [1.54, 1.807) is 0 Å². The quantitative estimate of drug-likeness (QED) is 0.643. The van der Waals surface area contributed by atoms with Gasteiger partial charge in [0.05, 0.1) is 0 Å². The molecule has 0 amide bonds. The molecule has 0 aromatic carbocycles. The first-order valence-corrected chi connectivity index (χ1v) is 4.29. The molecule has 1 aliphatic rings. The van der Waals surface area contributed by atoms with E-state index < -0.39 is 0 Å². The summed E-state index contributed by atoms with van der Waals surface area (Å²) in [5, 5.41) is 3.38. The Balaban J connectivity index is 2.22. The minimum Gasteiger partial charge on any atom is -0.386 e. The van der Waals surface area contributed by atoms with Crippen LogP contribution in [0.1, 0.15) is 19.8 Å². The minimum absolute atomic E-state index is 0.670. The molecule has 2 nitrogen and oxygen atoms in total. The number of hydrogen-bond donors (Lipinski definition) is 1. The van der Waals surface area contributed by atoms with Crippen LogP contribution in [-0.2, 0) is 0 Å². The highest BCUT2D eigenvalue weighted by Gasteiger charge is 2.15. The van der Waals surface area contributed by atoms with E-state index in [9.17, 15) is 0 Å². The van der Waals surface area contributed by atoms with E-state index in [2.05, 4.69) is 23.8 Å². The molecule has 2 heteroatoms. The highest BCUT2D eigenvalue weighted by atomic mass is 15.1. The van der Waals surface area contributed by atoms with Crippen molar-refractivity contribution in [2.75, 3.05) is 20.1 Å². The van der Waals surface area contributed by atoms with Crippen LogP contribution in [0.2, 0.25) is 0 Å². The zero-order chi connectivity index (χ0) is 8.27. The Labute approximate surface area is 69.3 Å². The van der Waals surface area contributed by atoms with Crippen LogP contribution < -0.4 is 5.32 Å². The average molecular weight is 154 g/mol. The number of hydrogen-bond acceptors (Lipinski definition) is 2. The van der Waals surface area contributed by atoms with Crippen molar-refractivity contribution < 1.29 is 0 Å². The monoisotopic (exact) mass is 154 g/mol. The molecule has 1 fully saturated rings. The molecule has 0 unspecified atom stereocenters. The van der Waals surface area contributed by atoms with E-state index in [0.29, 0.717) is 6.04 Å². The van der Waals surface area contributed by atoms with Crippen molar-refractivity contribution in [2.45, 2.75) is 25.8 Å². The Bertz CT molecular complexity index is 134. The Morgan fingerprint density at radius 1 is 1.45 bits per heavy atom. The topological polar surface area (TPSA) is 15.3 Å². The van der Waals surface area contributed by atoms with Crippen LogP contribution in [0.5, 0.6) is 0 Å². The van der Waals surface area contributed by atoms with Gasteiger partial charge in [-0.2, -0.15) is 0 Å². The van der Waals surface area contributed by atoms with Gasteiger partial charge in [0.15, 0.2) is 0 Å². The molecule has 0 bridgehead atoms. The fraction of sp³-hybridized carbons (Fsp3) is 0.778. The lowest BCUT2D eigenvalue weighted by atomic mass is 10.1. The molecule has 1 N–H and O–H groups in total. The molecule has 1 heterocycles. The fourth-order valence-corrected chi connectivity index (χ4v) is 1.50. The van der Waals surface area contributed by atoms with E-state index in [1.807, 2.05) is 6.92 Å². The third kappa shape index (κ3) is 2.93. The summed E-state index contributed by atoms with van der Waals surface area (Å²) in [6.07, 6.45) is 2.51. The smallest absolute Gasteiger partial charge is 0.0282 e. The van der Waals surface area contributed by atoms with E-state index in [0.717, 1.165) is 5.70 Å². The maximum Gasteiger partial charge on any atom is 0.0282 e. The predicted molar refractivity (Wildman–Crippen MR) is 48.5 cm³/mol. The summed E-state index contributed by atoms with van der Waals surface area (Å²) < 4.78 is 0. The Hall–Kier alpha value is -0.500. The molecule has 0 radical (unpaired) electrons. The number of likely N-dealkylation sites (tertiary alicyclic amines) is 1. The van der Waals surface area contributed by atoms with Crippen LogP contribution in [0.15, 0.2) is 12.3 Å². The van der Waals surface area contributed by atoms with Crippen LogP contribution in [0.4, 0.5) is 0 Å². The van der Waals surface area contributed by atoms with Crippen molar-refractivity contribution in [3.8, 4) is 0 Å². The molecule has 0 aliphatic carbocycles. The molecule has 0 saturated carbocycles. The number of piperidine rings is 1. The van der Waals surface area contributed by atoms with Crippen molar-refractivity contribution in [3.63, 3.8) is 0 Å². The van der Waals surface area contributed by atoms with Crippen LogP contribution in [-0.4, -0.2) is 31.1 Å². The van der Waals surface area contributed by atoms with Crippen LogP contribution in [0, 0.1) is 0 Å². The number of allylic oxidation sites excluding steroid dienone is 1. The number of nitrogens with zero attached hydrogens (tertiary/aromatic N) is 1. The van der Waals surface area contributed by atoms with Gasteiger partial charge in [0.1, 0.15) is 0 Å². The van der Waals surface area contributed by atoms with Gasteiger partial charge in [0.2, 0.25) is 0 Å². The molecule has 1 rings (SSSR count). The maximum absolute atomic E-state index is 3.84. The van der Waals surface area contributed by atoms with Gasteiger partial charge in [-0.3, -0.25) is 0 Å². The summed E-state index contributed by atoms with van der Waals surface area (Å²) in [5.41, 5.74) is 1.10. The summed E-state index contributed by atoms with van der Waals surface area (Å²) in [4.78, 5) is 2.37. The van der Waals surface area contributed by atoms with E-state index in [1.165, 1.54) is 25.9 Å². The van der Waals surface area contributed by atoms with Gasteiger partial charge < -0.3 is 10.2 Å². The summed E-state index contributed by atoms with van der Waals surface area (Å²) >= 11 is 0. The second-order valence-corrected chi connectivity index (χ2v) is 3.50. The lowest BCUT2D eigenvalue weighted by Gasteiger charge is -2.30. The maximum atomic E-state index is 3.84. The van der Waals surface area contributed by atoms with Crippen molar-refractivity contribution in [3.05, 3.63) is 12.3 Å². The highest BCUT2D eigenvalue weighted by molar-refractivity contribution is 4.90. The SMILES string of the molecule is C=C(C)NC1CCN(C)CC1. The van der Waals surface area contributed by atoms with Gasteiger partial charge in [-0.05, 0) is 39.9 Å². The molecule has 1 saturated heterocycles. The molecular formula is C9H18N2. The predicted octanol–water partition coefficient (Wildman–Crippen LogP) is 1.20. The molecular weight excluding hydrogens is 136 g/mol. The van der Waals surface area contributed by atoms with E-state index in [-0.39, 0.29) is 0 Å². The summed E-state index contributed by atoms with van der Waals surface area (Å²) in [6, 6.07) is 0.670. The van der Waals surface area contributed by atoms with Crippen LogP contribution in [0.3, 0.4) is 0 Å². The summed E-state index contributed by atoms with van der Waals surface area (Å²) in [6.45, 7) is 8.30. The van der Waals surface area contributed by atoms with Crippen molar-refractivity contribution in [1.29, 1.82) is 0 Å². The van der Waals surface area contributed by atoms with E-state index in [4.69, 9.17) is 0 Å². The Kier molecular flexibility index (Phi) is 2.94. The molecule has 0 aromatic heterocycles. The number of rotatable bonds is 2. The molecule has 11 heavy (non-hydrogen) atoms. The largest absolute Gasteiger partial charge is 0.386 e. The van der Waals surface area contributed by atoms with Gasteiger partial charge in [0.25, 0.3) is 0 Å². The lowest BCUT2D eigenvalue weighted by molar-refractivity contribution is 0.242. The molecule has 0 aromatic rings. The fourth-order valence-electron chi connectivity index (χ4n) is 1.50. The van der Waals surface area contributed by atoms with Crippen molar-refractivity contribution >= 4 is 0 Å². The standard InChI is InChI=1S/C9H18N2/c1-8(2)10-9-4-6-11(3)7-5-9/h9-10H,1,4-7H2,2-3H3. The second-order valence-electron chi connectivity index (χ2n) is 3.50. The third-order valence-electron chi connectivity index (χ3n) is 2.17. The Morgan fingerprint density at radius 3 is 2.45 bits per heavy atom. The van der Waals surface area contributed by atoms with E-state index >= 15 is 0 Å². The summed E-state index contributed by atoms with van der Waals surface area (Å²) in [7, 11) is 2.18. The van der Waals surface area contributed by atoms with Gasteiger partial charge in [-0.1, -0.05) is 6.58 Å². The molecule has 0 spiro atoms. The minimum atomic E-state index is 0.670. The van der Waals surface area contributed by atoms with Crippen LogP contribution >= 0.6 is 0 Å². The van der Waals surface area contributed by atoms with Gasteiger partial charge in [0, 0.05) is 11.7 Å². The molecule has 64 valence electrons. The zero-order valence-electron chi connectivity index (χ0n) is 7.56. The first-order chi connectivity index (χ1) is 5.18. The normalized spacial score (nSPS) is 21.6. The summed E-state index contributed by atoms with van der Waals surface area (Å²) in [5.74, 6) is 0. The average Bonchev–Trinajstić information content (AvgIpc) is 1.93. The zero-order valence-corrected chi connectivity index (χ0v) is 7.56. The van der Waals surface area contributed by atoms with Gasteiger partial charge >= 0.3 is 0 Å². The van der Waals surface area contributed by atoms with Gasteiger partial charge in [-0.25, -0.2) is 0 Å². The first kappa shape index (κ1) is 8.60. The second kappa shape index (κ2) is 3.77. The molecule has 0 atom stereocenters. The Morgan fingerprint density at radius 2 is 2.00 bits per heavy atom. The highest BCUT2D eigenvalue weighted by Crippen LogP contribution is 2.08. The number of nitrogens with one attached hydrogen (secondary N) is 1. The lowest BCUT2D eigenvalue weighted by Crippen LogP contribution is -2.39. The van der Waals surface area contributed by atoms with Gasteiger partial charge in [-0.15, -0.1) is 0 Å². The van der Waals surface area contributed by atoms with Crippen molar-refractivity contribution in [2.24, 2.45) is 0 Å². The molecule has 1 aliphatic heterocycles.